The number of carbonyl (C=O) groups is 1. The molecule has 2 aromatic carbocycles. The molecule has 1 saturated heterocycles. The van der Waals surface area contributed by atoms with E-state index in [4.69, 9.17) is 16.3 Å². The first-order valence-electron chi connectivity index (χ1n) is 9.30. The van der Waals surface area contributed by atoms with Gasteiger partial charge in [0.15, 0.2) is 0 Å². The average Bonchev–Trinajstić information content (AvgIpc) is 2.75. The fourth-order valence-corrected chi connectivity index (χ4v) is 5.42. The van der Waals surface area contributed by atoms with E-state index in [1.165, 1.54) is 13.2 Å². The number of alkyl halides is 3. The number of carbonyl (C=O) groups excluding carboxylic acids is 1. The predicted molar refractivity (Wildman–Crippen MR) is 108 cm³/mol. The number of ether oxygens (including phenoxy) is 1. The summed E-state index contributed by atoms with van der Waals surface area (Å²) in [4.78, 5) is 13.4. The average molecular weight is 477 g/mol. The van der Waals surface area contributed by atoms with Crippen LogP contribution in [0.3, 0.4) is 0 Å². The van der Waals surface area contributed by atoms with Crippen molar-refractivity contribution in [3.63, 3.8) is 0 Å². The van der Waals surface area contributed by atoms with Crippen LogP contribution >= 0.6 is 11.6 Å². The van der Waals surface area contributed by atoms with Gasteiger partial charge in [0.25, 0.3) is 0 Å². The van der Waals surface area contributed by atoms with Crippen molar-refractivity contribution >= 4 is 27.6 Å². The molecule has 1 unspecified atom stereocenters. The molecule has 6 nitrogen and oxygen atoms in total. The van der Waals surface area contributed by atoms with Crippen LogP contribution < -0.4 is 0 Å². The van der Waals surface area contributed by atoms with Crippen molar-refractivity contribution in [3.8, 4) is 0 Å². The van der Waals surface area contributed by atoms with E-state index in [9.17, 15) is 26.4 Å². The second-order valence-electron chi connectivity index (χ2n) is 6.88. The third-order valence-electron chi connectivity index (χ3n) is 5.07. The number of esters is 1. The van der Waals surface area contributed by atoms with Crippen molar-refractivity contribution < 1.29 is 31.1 Å². The van der Waals surface area contributed by atoms with Crippen molar-refractivity contribution in [1.82, 2.24) is 9.21 Å². The molecule has 0 amide bonds. The van der Waals surface area contributed by atoms with Gasteiger partial charge in [0.2, 0.25) is 10.0 Å². The number of rotatable bonds is 5. The molecule has 0 radical (unpaired) electrons. The molecule has 3 rings (SSSR count). The summed E-state index contributed by atoms with van der Waals surface area (Å²) >= 11 is 6.23. The van der Waals surface area contributed by atoms with Gasteiger partial charge in [-0.05, 0) is 23.8 Å². The third-order valence-corrected chi connectivity index (χ3v) is 7.37. The minimum atomic E-state index is -4.80. The molecule has 0 N–H and O–H groups in total. The van der Waals surface area contributed by atoms with Crippen molar-refractivity contribution in [1.29, 1.82) is 0 Å². The Morgan fingerprint density at radius 3 is 2.19 bits per heavy atom. The fraction of sp³-hybridized carbons (Fsp3) is 0.350. The van der Waals surface area contributed by atoms with E-state index in [2.05, 4.69) is 0 Å². The molecule has 1 aliphatic rings. The first kappa shape index (κ1) is 23.5. The van der Waals surface area contributed by atoms with Gasteiger partial charge in [0.05, 0.1) is 17.6 Å². The Hall–Kier alpha value is -2.14. The minimum absolute atomic E-state index is 0.0908. The Bertz CT molecular complexity index is 1050. The van der Waals surface area contributed by atoms with Gasteiger partial charge < -0.3 is 4.74 Å². The molecule has 11 heteroatoms. The molecule has 1 heterocycles. The highest BCUT2D eigenvalue weighted by Crippen LogP contribution is 2.36. The van der Waals surface area contributed by atoms with Crippen molar-refractivity contribution in [2.75, 3.05) is 33.3 Å². The van der Waals surface area contributed by atoms with Crippen LogP contribution in [0.1, 0.15) is 17.2 Å². The summed E-state index contributed by atoms with van der Waals surface area (Å²) in [6.07, 6.45) is -4.80. The standard InChI is InChI=1S/C20H20ClF3N2O4S/c1-30-19(27)18(14-6-2-4-8-16(14)21)25-10-12-26(13-11-25)31(28,29)17-9-5-3-7-15(17)20(22,23)24/h2-9,18H,10-13H2,1H3. The molecule has 0 aromatic heterocycles. The van der Waals surface area contributed by atoms with E-state index in [1.54, 1.807) is 29.2 Å². The van der Waals surface area contributed by atoms with E-state index < -0.39 is 38.7 Å². The van der Waals surface area contributed by atoms with Crippen molar-refractivity contribution in [3.05, 3.63) is 64.7 Å². The van der Waals surface area contributed by atoms with E-state index in [-0.39, 0.29) is 26.2 Å². The van der Waals surface area contributed by atoms with Gasteiger partial charge in [0.1, 0.15) is 6.04 Å². The number of halogens is 4. The molecule has 0 bridgehead atoms. The minimum Gasteiger partial charge on any atom is -0.468 e. The van der Waals surface area contributed by atoms with Gasteiger partial charge in [-0.1, -0.05) is 41.9 Å². The van der Waals surface area contributed by atoms with Gasteiger partial charge >= 0.3 is 12.1 Å². The molecule has 1 atom stereocenters. The Labute approximate surface area is 183 Å². The second-order valence-corrected chi connectivity index (χ2v) is 9.19. The molecule has 1 fully saturated rings. The number of hydrogen-bond donors (Lipinski definition) is 0. The highest BCUT2D eigenvalue weighted by molar-refractivity contribution is 7.89. The summed E-state index contributed by atoms with van der Waals surface area (Å²) in [5.74, 6) is -0.563. The monoisotopic (exact) mass is 476 g/mol. The third kappa shape index (κ3) is 4.87. The fourth-order valence-electron chi connectivity index (χ4n) is 3.55. The van der Waals surface area contributed by atoms with E-state index in [0.29, 0.717) is 10.6 Å². The number of piperazine rings is 1. The quantitative estimate of drug-likeness (QED) is 0.617. The lowest BCUT2D eigenvalue weighted by atomic mass is 10.0. The highest BCUT2D eigenvalue weighted by atomic mass is 35.5. The maximum Gasteiger partial charge on any atom is 0.417 e. The first-order valence-corrected chi connectivity index (χ1v) is 11.1. The normalized spacial score (nSPS) is 17.3. The molecular weight excluding hydrogens is 457 g/mol. The Morgan fingerprint density at radius 1 is 1.03 bits per heavy atom. The van der Waals surface area contributed by atoms with Crippen molar-refractivity contribution in [2.45, 2.75) is 17.1 Å². The Balaban J connectivity index is 1.84. The smallest absolute Gasteiger partial charge is 0.417 e. The van der Waals surface area contributed by atoms with Crippen LogP contribution in [-0.2, 0) is 25.7 Å². The second kappa shape index (κ2) is 9.15. The van der Waals surface area contributed by atoms with Crippen LogP contribution in [0.5, 0.6) is 0 Å². The number of nitrogens with zero attached hydrogens (tertiary/aromatic N) is 2. The van der Waals surface area contributed by atoms with Crippen LogP contribution in [0.15, 0.2) is 53.4 Å². The molecular formula is C20H20ClF3N2O4S. The van der Waals surface area contributed by atoms with Crippen molar-refractivity contribution in [2.24, 2.45) is 0 Å². The van der Waals surface area contributed by atoms with E-state index in [0.717, 1.165) is 22.5 Å². The molecule has 0 saturated carbocycles. The van der Waals surface area contributed by atoms with Gasteiger partial charge in [-0.3, -0.25) is 4.90 Å². The predicted octanol–water partition coefficient (Wildman–Crippen LogP) is 3.58. The topological polar surface area (TPSA) is 66.9 Å². The molecule has 2 aromatic rings. The van der Waals surface area contributed by atoms with Gasteiger partial charge in [0, 0.05) is 31.2 Å². The Morgan fingerprint density at radius 2 is 1.61 bits per heavy atom. The molecule has 31 heavy (non-hydrogen) atoms. The lowest BCUT2D eigenvalue weighted by molar-refractivity contribution is -0.148. The van der Waals surface area contributed by atoms with Crippen LogP contribution in [0, 0.1) is 0 Å². The maximum absolute atomic E-state index is 13.3. The summed E-state index contributed by atoms with van der Waals surface area (Å²) in [5, 5.41) is 0.354. The SMILES string of the molecule is COC(=O)C(c1ccccc1Cl)N1CCN(S(=O)(=O)c2ccccc2C(F)(F)F)CC1. The lowest BCUT2D eigenvalue weighted by Crippen LogP contribution is -2.51. The summed E-state index contributed by atoms with van der Waals surface area (Å²) in [6, 6.07) is 9.96. The number of sulfonamides is 1. The highest BCUT2D eigenvalue weighted by Gasteiger charge is 2.41. The van der Waals surface area contributed by atoms with Gasteiger partial charge in [-0.15, -0.1) is 0 Å². The molecule has 0 aliphatic carbocycles. The van der Waals surface area contributed by atoms with E-state index >= 15 is 0 Å². The van der Waals surface area contributed by atoms with Gasteiger partial charge in [-0.25, -0.2) is 13.2 Å². The zero-order valence-electron chi connectivity index (χ0n) is 16.5. The molecule has 0 spiro atoms. The number of methoxy groups -OCH3 is 1. The summed E-state index contributed by atoms with van der Waals surface area (Å²) < 4.78 is 71.7. The summed E-state index contributed by atoms with van der Waals surface area (Å²) in [5.41, 5.74) is -0.698. The Kier molecular flexibility index (Phi) is 6.95. The number of hydrogen-bond acceptors (Lipinski definition) is 5. The van der Waals surface area contributed by atoms with Gasteiger partial charge in [-0.2, -0.15) is 17.5 Å². The zero-order chi connectivity index (χ0) is 22.8. The van der Waals surface area contributed by atoms with Crippen LogP contribution in [0.4, 0.5) is 13.2 Å². The molecule has 168 valence electrons. The molecule has 1 aliphatic heterocycles. The first-order chi connectivity index (χ1) is 14.6. The summed E-state index contributed by atoms with van der Waals surface area (Å²) in [6.45, 7) is 0.0375. The maximum atomic E-state index is 13.3. The zero-order valence-corrected chi connectivity index (χ0v) is 18.0. The number of benzene rings is 2. The van der Waals surface area contributed by atoms with Crippen LogP contribution in [0.25, 0.3) is 0 Å². The summed E-state index contributed by atoms with van der Waals surface area (Å²) in [7, 11) is -3.14. The lowest BCUT2D eigenvalue weighted by Gasteiger charge is -2.38. The van der Waals surface area contributed by atoms with E-state index in [1.807, 2.05) is 0 Å². The van der Waals surface area contributed by atoms with Crippen LogP contribution in [-0.4, -0.2) is 56.9 Å². The largest absolute Gasteiger partial charge is 0.468 e. The van der Waals surface area contributed by atoms with Crippen LogP contribution in [0.2, 0.25) is 5.02 Å².